The number of carbonyl (C=O) groups is 2. The first kappa shape index (κ1) is 18.8. The molecule has 19 heavy (non-hydrogen) atoms. The Labute approximate surface area is 125 Å². The summed E-state index contributed by atoms with van der Waals surface area (Å²) in [6, 6.07) is 0. The first-order chi connectivity index (χ1) is 8.49. The average Bonchev–Trinajstić information content (AvgIpc) is 2.23. The fourth-order valence-corrected chi connectivity index (χ4v) is 2.36. The van der Waals surface area contributed by atoms with Crippen LogP contribution >= 0.6 is 15.9 Å². The molecular formula is C13H25BrO4Si. The summed E-state index contributed by atoms with van der Waals surface area (Å²) >= 11 is 3.04. The highest BCUT2D eigenvalue weighted by Gasteiger charge is 2.38. The maximum Gasteiger partial charge on any atom is 0.316 e. The van der Waals surface area contributed by atoms with Gasteiger partial charge in [-0.1, -0.05) is 36.7 Å². The Hall–Kier alpha value is -0.203. The molecule has 0 aromatic rings. The van der Waals surface area contributed by atoms with Crippen molar-refractivity contribution in [3.8, 4) is 0 Å². The van der Waals surface area contributed by atoms with Gasteiger partial charge in [0.2, 0.25) is 0 Å². The van der Waals surface area contributed by atoms with Gasteiger partial charge in [-0.3, -0.25) is 9.59 Å². The Morgan fingerprint density at radius 1 is 1.26 bits per heavy atom. The number of hydrogen-bond donors (Lipinski definition) is 0. The third-order valence-electron chi connectivity index (χ3n) is 3.36. The van der Waals surface area contributed by atoms with Gasteiger partial charge in [0.25, 0.3) is 0 Å². The van der Waals surface area contributed by atoms with Crippen LogP contribution in [-0.4, -0.2) is 38.1 Å². The minimum Gasteiger partial charge on any atom is -0.459 e. The highest BCUT2D eigenvalue weighted by Crippen LogP contribution is 2.36. The number of ether oxygens (including phenoxy) is 1. The molecule has 0 aromatic carbocycles. The van der Waals surface area contributed by atoms with Crippen LogP contribution in [0, 0.1) is 0 Å². The molecule has 1 atom stereocenters. The monoisotopic (exact) mass is 352 g/mol. The van der Waals surface area contributed by atoms with Gasteiger partial charge in [0, 0.05) is 6.42 Å². The van der Waals surface area contributed by atoms with Crippen molar-refractivity contribution < 1.29 is 18.8 Å². The third-order valence-corrected chi connectivity index (χ3v) is 8.32. The minimum absolute atomic E-state index is 0.00814. The number of esters is 1. The van der Waals surface area contributed by atoms with Crippen LogP contribution in [-0.2, 0) is 18.8 Å². The van der Waals surface area contributed by atoms with Crippen molar-refractivity contribution in [2.45, 2.75) is 58.4 Å². The van der Waals surface area contributed by atoms with Gasteiger partial charge in [-0.05, 0) is 25.1 Å². The first-order valence-electron chi connectivity index (χ1n) is 6.38. The molecule has 0 saturated heterocycles. The number of ketones is 1. The summed E-state index contributed by atoms with van der Waals surface area (Å²) in [5.41, 5.74) is 0. The molecule has 0 fully saturated rings. The molecule has 0 unspecified atom stereocenters. The van der Waals surface area contributed by atoms with Crippen LogP contribution in [0.3, 0.4) is 0 Å². The number of alkyl halides is 1. The summed E-state index contributed by atoms with van der Waals surface area (Å²) in [5, 5.41) is 0.217. The second kappa shape index (κ2) is 7.55. The zero-order valence-electron chi connectivity index (χ0n) is 12.7. The summed E-state index contributed by atoms with van der Waals surface area (Å²) in [5.74, 6) is -0.378. The Bertz CT molecular complexity index is 323. The lowest BCUT2D eigenvalue weighted by atomic mass is 10.2. The average molecular weight is 353 g/mol. The zero-order valence-corrected chi connectivity index (χ0v) is 15.3. The smallest absolute Gasteiger partial charge is 0.316 e. The normalized spacial score (nSPS) is 14.1. The third kappa shape index (κ3) is 7.22. The van der Waals surface area contributed by atoms with Crippen LogP contribution in [0.15, 0.2) is 0 Å². The molecule has 0 aliphatic rings. The molecule has 0 heterocycles. The number of hydrogen-bond acceptors (Lipinski definition) is 4. The van der Waals surface area contributed by atoms with Crippen LogP contribution in [0.1, 0.15) is 34.1 Å². The van der Waals surface area contributed by atoms with Crippen LogP contribution in [0.2, 0.25) is 18.1 Å². The lowest BCUT2D eigenvalue weighted by Crippen LogP contribution is -2.43. The molecule has 0 N–H and O–H groups in total. The van der Waals surface area contributed by atoms with Crippen molar-refractivity contribution in [3.05, 3.63) is 0 Å². The van der Waals surface area contributed by atoms with E-state index in [1.165, 1.54) is 6.92 Å². The van der Waals surface area contributed by atoms with E-state index in [0.29, 0.717) is 0 Å². The van der Waals surface area contributed by atoms with Crippen LogP contribution < -0.4 is 0 Å². The van der Waals surface area contributed by atoms with Gasteiger partial charge in [-0.15, -0.1) is 0 Å². The summed E-state index contributed by atoms with van der Waals surface area (Å²) in [4.78, 5) is 22.5. The topological polar surface area (TPSA) is 52.6 Å². The molecule has 0 aliphatic carbocycles. The first-order valence-corrected chi connectivity index (χ1v) is 10.4. The number of halogens is 1. The molecule has 0 aliphatic heterocycles. The van der Waals surface area contributed by atoms with Gasteiger partial charge in [-0.25, -0.2) is 0 Å². The van der Waals surface area contributed by atoms with E-state index >= 15 is 0 Å². The van der Waals surface area contributed by atoms with Gasteiger partial charge >= 0.3 is 5.97 Å². The molecule has 0 bridgehead atoms. The van der Waals surface area contributed by atoms with Gasteiger partial charge in [0.15, 0.2) is 8.32 Å². The van der Waals surface area contributed by atoms with Crippen molar-refractivity contribution in [2.75, 3.05) is 11.9 Å². The van der Waals surface area contributed by atoms with E-state index in [4.69, 9.17) is 9.16 Å². The highest BCUT2D eigenvalue weighted by atomic mass is 79.9. The van der Waals surface area contributed by atoms with E-state index in [-0.39, 0.29) is 35.1 Å². The number of Topliss-reactive ketones (excluding diaryl/α,β-unsaturated/α-hetero) is 1. The van der Waals surface area contributed by atoms with E-state index in [1.807, 2.05) is 0 Å². The Balaban J connectivity index is 4.57. The van der Waals surface area contributed by atoms with E-state index in [1.54, 1.807) is 0 Å². The summed E-state index contributed by atoms with van der Waals surface area (Å²) in [6.07, 6.45) is -0.287. The quantitative estimate of drug-likeness (QED) is 0.400. The maximum atomic E-state index is 11.3. The molecule has 0 radical (unpaired) electrons. The Morgan fingerprint density at radius 2 is 1.79 bits per heavy atom. The fourth-order valence-electron chi connectivity index (χ4n) is 1.19. The lowest BCUT2D eigenvalue weighted by molar-refractivity contribution is -0.148. The lowest BCUT2D eigenvalue weighted by Gasteiger charge is -2.37. The van der Waals surface area contributed by atoms with Crippen LogP contribution in [0.25, 0.3) is 0 Å². The molecule has 0 spiro atoms. The van der Waals surface area contributed by atoms with Crippen LogP contribution in [0.4, 0.5) is 0 Å². The summed E-state index contributed by atoms with van der Waals surface area (Å²) in [6.45, 7) is 12.5. The van der Waals surface area contributed by atoms with Crippen LogP contribution in [0.5, 0.6) is 0 Å². The largest absolute Gasteiger partial charge is 0.459 e. The Morgan fingerprint density at radius 3 is 2.16 bits per heavy atom. The van der Waals surface area contributed by atoms with Crippen molar-refractivity contribution in [2.24, 2.45) is 0 Å². The molecule has 4 nitrogen and oxygen atoms in total. The fraction of sp³-hybridized carbons (Fsp3) is 0.846. The van der Waals surface area contributed by atoms with Gasteiger partial charge < -0.3 is 9.16 Å². The molecule has 112 valence electrons. The molecule has 0 amide bonds. The standard InChI is InChI=1S/C13H25BrO4Si/c1-10(15)7-11(18-12(16)8-14)9-17-19(5,6)13(2,3)4/h11H,7-9H2,1-6H3/t11-/m0/s1. The van der Waals surface area contributed by atoms with Crippen molar-refractivity contribution in [3.63, 3.8) is 0 Å². The molecule has 0 saturated carbocycles. The van der Waals surface area contributed by atoms with Crippen molar-refractivity contribution >= 4 is 36.0 Å². The van der Waals surface area contributed by atoms with Gasteiger partial charge in [0.1, 0.15) is 17.2 Å². The predicted octanol–water partition coefficient (Wildman–Crippen LogP) is 3.29. The Kier molecular flexibility index (Phi) is 7.46. The predicted molar refractivity (Wildman–Crippen MR) is 82.1 cm³/mol. The second-order valence-electron chi connectivity index (χ2n) is 6.22. The summed E-state index contributed by atoms with van der Waals surface area (Å²) in [7, 11) is -1.89. The van der Waals surface area contributed by atoms with E-state index in [2.05, 4.69) is 49.8 Å². The van der Waals surface area contributed by atoms with E-state index in [9.17, 15) is 9.59 Å². The van der Waals surface area contributed by atoms with E-state index in [0.717, 1.165) is 0 Å². The van der Waals surface area contributed by atoms with Gasteiger partial charge in [0.05, 0.1) is 6.61 Å². The van der Waals surface area contributed by atoms with Crippen molar-refractivity contribution in [1.29, 1.82) is 0 Å². The van der Waals surface area contributed by atoms with E-state index < -0.39 is 14.4 Å². The van der Waals surface area contributed by atoms with Crippen molar-refractivity contribution in [1.82, 2.24) is 0 Å². The second-order valence-corrected chi connectivity index (χ2v) is 11.6. The summed E-state index contributed by atoms with van der Waals surface area (Å²) < 4.78 is 11.2. The molecule has 0 rings (SSSR count). The SMILES string of the molecule is CC(=O)C[C@@H](CO[Si](C)(C)C(C)(C)C)OC(=O)CBr. The maximum absolute atomic E-state index is 11.3. The van der Waals surface area contributed by atoms with Gasteiger partial charge in [-0.2, -0.15) is 0 Å². The highest BCUT2D eigenvalue weighted by molar-refractivity contribution is 9.09. The minimum atomic E-state index is -1.89. The molecule has 0 aromatic heterocycles. The zero-order chi connectivity index (χ0) is 15.3. The molecule has 6 heteroatoms. The number of rotatable bonds is 7. The number of carbonyl (C=O) groups excluding carboxylic acids is 2. The molecular weight excluding hydrogens is 328 g/mol.